The van der Waals surface area contributed by atoms with Gasteiger partial charge in [0.25, 0.3) is 0 Å². The van der Waals surface area contributed by atoms with E-state index in [1.807, 2.05) is 6.07 Å². The van der Waals surface area contributed by atoms with Crippen LogP contribution in [0.1, 0.15) is 17.3 Å². The number of pyridine rings is 1. The van der Waals surface area contributed by atoms with Crippen molar-refractivity contribution >= 4 is 11.5 Å². The Morgan fingerprint density at radius 2 is 2.41 bits per heavy atom. The first-order valence-corrected chi connectivity index (χ1v) is 4.88. The second-order valence-corrected chi connectivity index (χ2v) is 3.32. The Kier molecular flexibility index (Phi) is 2.87. The number of nitrogens with two attached hydrogens (primary N) is 1. The third kappa shape index (κ3) is 2.31. The van der Waals surface area contributed by atoms with Gasteiger partial charge in [0, 0.05) is 13.1 Å². The highest BCUT2D eigenvalue weighted by atomic mass is 16.5. The average Bonchev–Trinajstić information content (AvgIpc) is 2.74. The van der Waals surface area contributed by atoms with Gasteiger partial charge in [-0.15, -0.1) is 0 Å². The molecule has 0 aromatic carbocycles. The van der Waals surface area contributed by atoms with Gasteiger partial charge in [-0.3, -0.25) is 0 Å². The van der Waals surface area contributed by atoms with E-state index in [1.165, 1.54) is 6.20 Å². The summed E-state index contributed by atoms with van der Waals surface area (Å²) < 4.78 is 4.82. The molecule has 0 atom stereocenters. The minimum Gasteiger partial charge on any atom is -0.395 e. The van der Waals surface area contributed by atoms with Crippen LogP contribution in [0.25, 0.3) is 0 Å². The fraction of sp³-hybridized carbons (Fsp3) is 0.200. The Balaban J connectivity index is 2.12. The number of anilines is 2. The van der Waals surface area contributed by atoms with Gasteiger partial charge in [-0.2, -0.15) is 10.2 Å². The molecule has 2 heterocycles. The number of hydrogen-bond donors (Lipinski definition) is 2. The van der Waals surface area contributed by atoms with Crippen LogP contribution in [0, 0.1) is 18.3 Å². The van der Waals surface area contributed by atoms with Gasteiger partial charge in [0.1, 0.15) is 6.07 Å². The summed E-state index contributed by atoms with van der Waals surface area (Å²) in [5.41, 5.74) is 6.45. The van der Waals surface area contributed by atoms with E-state index >= 15 is 0 Å². The summed E-state index contributed by atoms with van der Waals surface area (Å²) in [4.78, 5) is 8.06. The van der Waals surface area contributed by atoms with Gasteiger partial charge in [0.15, 0.2) is 11.6 Å². The molecule has 0 unspecified atom stereocenters. The number of aryl methyl sites for hydroxylation is 1. The quantitative estimate of drug-likeness (QED) is 0.802. The molecule has 3 N–H and O–H groups in total. The van der Waals surface area contributed by atoms with Crippen LogP contribution < -0.4 is 11.1 Å². The van der Waals surface area contributed by atoms with E-state index in [4.69, 9.17) is 15.5 Å². The van der Waals surface area contributed by atoms with Gasteiger partial charge in [-0.1, -0.05) is 5.16 Å². The largest absolute Gasteiger partial charge is 0.395 e. The second kappa shape index (κ2) is 4.49. The molecule has 2 rings (SSSR count). The van der Waals surface area contributed by atoms with Crippen LogP contribution in [0.5, 0.6) is 0 Å². The van der Waals surface area contributed by atoms with Crippen molar-refractivity contribution in [3.63, 3.8) is 0 Å². The molecule has 0 bridgehead atoms. The lowest BCUT2D eigenvalue weighted by Crippen LogP contribution is -2.06. The highest BCUT2D eigenvalue weighted by molar-refractivity contribution is 5.68. The summed E-state index contributed by atoms with van der Waals surface area (Å²) in [7, 11) is 0. The number of nitrogens with one attached hydrogen (secondary N) is 1. The van der Waals surface area contributed by atoms with E-state index < -0.39 is 0 Å². The number of nitrogen functional groups attached to an aromatic ring is 1. The zero-order chi connectivity index (χ0) is 12.3. The minimum atomic E-state index is 0.315. The van der Waals surface area contributed by atoms with E-state index in [9.17, 15) is 0 Å². The van der Waals surface area contributed by atoms with Crippen molar-refractivity contribution in [3.05, 3.63) is 29.5 Å². The standard InChI is InChI=1S/C10H10N6O/c1-6-15-8(16-17-6)5-14-10-9(12)7(4-11)2-3-13-10/h2-3H,5,12H2,1H3,(H,13,14). The van der Waals surface area contributed by atoms with Crippen molar-refractivity contribution in [2.45, 2.75) is 13.5 Å². The molecule has 0 aliphatic carbocycles. The summed E-state index contributed by atoms with van der Waals surface area (Å²) in [6.07, 6.45) is 1.51. The third-order valence-electron chi connectivity index (χ3n) is 2.09. The van der Waals surface area contributed by atoms with Crippen molar-refractivity contribution in [2.24, 2.45) is 0 Å². The molecule has 0 spiro atoms. The summed E-state index contributed by atoms with van der Waals surface area (Å²) in [6.45, 7) is 2.04. The zero-order valence-electron chi connectivity index (χ0n) is 9.14. The number of aromatic nitrogens is 3. The Morgan fingerprint density at radius 1 is 1.59 bits per heavy atom. The molecule has 0 aliphatic rings. The fourth-order valence-electron chi connectivity index (χ4n) is 1.29. The number of rotatable bonds is 3. The number of nitriles is 1. The van der Waals surface area contributed by atoms with Gasteiger partial charge in [0.05, 0.1) is 17.8 Å². The lowest BCUT2D eigenvalue weighted by Gasteiger charge is -2.06. The van der Waals surface area contributed by atoms with E-state index in [1.54, 1.807) is 13.0 Å². The first-order valence-electron chi connectivity index (χ1n) is 4.88. The van der Waals surface area contributed by atoms with Gasteiger partial charge in [-0.05, 0) is 6.07 Å². The van der Waals surface area contributed by atoms with Crippen molar-refractivity contribution in [3.8, 4) is 6.07 Å². The zero-order valence-corrected chi connectivity index (χ0v) is 9.14. The van der Waals surface area contributed by atoms with Crippen LogP contribution in [0.4, 0.5) is 11.5 Å². The summed E-state index contributed by atoms with van der Waals surface area (Å²) >= 11 is 0. The van der Waals surface area contributed by atoms with Gasteiger partial charge in [0.2, 0.25) is 5.89 Å². The lowest BCUT2D eigenvalue weighted by molar-refractivity contribution is 0.388. The molecule has 17 heavy (non-hydrogen) atoms. The van der Waals surface area contributed by atoms with E-state index in [0.29, 0.717) is 35.3 Å². The van der Waals surface area contributed by atoms with Crippen molar-refractivity contribution in [2.75, 3.05) is 11.1 Å². The van der Waals surface area contributed by atoms with E-state index in [0.717, 1.165) is 0 Å². The molecule has 0 saturated carbocycles. The van der Waals surface area contributed by atoms with Crippen LogP contribution >= 0.6 is 0 Å². The maximum Gasteiger partial charge on any atom is 0.223 e. The number of nitrogens with zero attached hydrogens (tertiary/aromatic N) is 4. The molecule has 7 nitrogen and oxygen atoms in total. The Labute approximate surface area is 97.3 Å². The highest BCUT2D eigenvalue weighted by Crippen LogP contribution is 2.19. The molecule has 0 fully saturated rings. The Bertz CT molecular complexity index is 570. The molecule has 0 saturated heterocycles. The Morgan fingerprint density at radius 3 is 3.06 bits per heavy atom. The van der Waals surface area contributed by atoms with Gasteiger partial charge < -0.3 is 15.6 Å². The van der Waals surface area contributed by atoms with Crippen molar-refractivity contribution in [1.29, 1.82) is 5.26 Å². The van der Waals surface area contributed by atoms with Crippen LogP contribution in [-0.2, 0) is 6.54 Å². The SMILES string of the molecule is Cc1nc(CNc2nccc(C#N)c2N)no1. The third-order valence-corrected chi connectivity index (χ3v) is 2.09. The molecule has 2 aromatic rings. The Hall–Kier alpha value is -2.62. The topological polar surface area (TPSA) is 114 Å². The van der Waals surface area contributed by atoms with Gasteiger partial charge >= 0.3 is 0 Å². The molecule has 0 amide bonds. The molecule has 7 heteroatoms. The number of hydrogen-bond acceptors (Lipinski definition) is 7. The predicted molar refractivity (Wildman–Crippen MR) is 59.7 cm³/mol. The molecule has 86 valence electrons. The molecule has 2 aromatic heterocycles. The molecular weight excluding hydrogens is 220 g/mol. The van der Waals surface area contributed by atoms with Gasteiger partial charge in [-0.25, -0.2) is 4.98 Å². The average molecular weight is 230 g/mol. The van der Waals surface area contributed by atoms with Crippen molar-refractivity contribution in [1.82, 2.24) is 15.1 Å². The van der Waals surface area contributed by atoms with Crippen molar-refractivity contribution < 1.29 is 4.52 Å². The maximum absolute atomic E-state index is 8.81. The predicted octanol–water partition coefficient (Wildman–Crippen LogP) is 0.839. The first-order chi connectivity index (χ1) is 8.20. The van der Waals surface area contributed by atoms with Crippen LogP contribution in [-0.4, -0.2) is 15.1 Å². The normalized spacial score (nSPS) is 9.88. The smallest absolute Gasteiger partial charge is 0.223 e. The second-order valence-electron chi connectivity index (χ2n) is 3.32. The maximum atomic E-state index is 8.81. The summed E-state index contributed by atoms with van der Waals surface area (Å²) in [6, 6.07) is 3.54. The molecule has 0 aliphatic heterocycles. The highest BCUT2D eigenvalue weighted by Gasteiger charge is 2.07. The monoisotopic (exact) mass is 230 g/mol. The van der Waals surface area contributed by atoms with Crippen LogP contribution in [0.15, 0.2) is 16.8 Å². The minimum absolute atomic E-state index is 0.315. The summed E-state index contributed by atoms with van der Waals surface area (Å²) in [5.74, 6) is 1.44. The van der Waals surface area contributed by atoms with Crippen LogP contribution in [0.3, 0.4) is 0 Å². The molecule has 0 radical (unpaired) electrons. The summed E-state index contributed by atoms with van der Waals surface area (Å²) in [5, 5.41) is 15.5. The molecular formula is C10H10N6O. The van der Waals surface area contributed by atoms with Crippen LogP contribution in [0.2, 0.25) is 0 Å². The fourth-order valence-corrected chi connectivity index (χ4v) is 1.29. The lowest BCUT2D eigenvalue weighted by atomic mass is 10.2. The van der Waals surface area contributed by atoms with E-state index in [2.05, 4.69) is 20.4 Å². The first kappa shape index (κ1) is 10.9. The van der Waals surface area contributed by atoms with E-state index in [-0.39, 0.29) is 0 Å².